The van der Waals surface area contributed by atoms with Crippen LogP contribution in [0.25, 0.3) is 10.2 Å². The van der Waals surface area contributed by atoms with Crippen LogP contribution in [0.3, 0.4) is 0 Å². The normalized spacial score (nSPS) is 11.9. The van der Waals surface area contributed by atoms with Crippen molar-refractivity contribution in [1.29, 1.82) is 0 Å². The van der Waals surface area contributed by atoms with Crippen molar-refractivity contribution in [2.75, 3.05) is 32.2 Å². The third kappa shape index (κ3) is 4.43. The molecule has 0 aliphatic heterocycles. The van der Waals surface area contributed by atoms with Crippen LogP contribution in [0.1, 0.15) is 17.3 Å². The van der Waals surface area contributed by atoms with Gasteiger partial charge in [0.15, 0.2) is 4.80 Å². The number of fused-ring (bicyclic) bond motifs is 1. The van der Waals surface area contributed by atoms with Gasteiger partial charge in [-0.05, 0) is 49.4 Å². The lowest BCUT2D eigenvalue weighted by Crippen LogP contribution is -2.19. The summed E-state index contributed by atoms with van der Waals surface area (Å²) in [5.74, 6) is -0.629. The Morgan fingerprint density at radius 3 is 2.63 bits per heavy atom. The van der Waals surface area contributed by atoms with Gasteiger partial charge in [0.1, 0.15) is 5.82 Å². The molecular formula is C20H22FN3O2S. The van der Waals surface area contributed by atoms with E-state index >= 15 is 0 Å². The van der Waals surface area contributed by atoms with Gasteiger partial charge in [0.2, 0.25) is 0 Å². The summed E-state index contributed by atoms with van der Waals surface area (Å²) in [5, 5.41) is 0. The van der Waals surface area contributed by atoms with Crippen molar-refractivity contribution in [3.8, 4) is 0 Å². The number of benzene rings is 2. The first-order valence-corrected chi connectivity index (χ1v) is 9.54. The van der Waals surface area contributed by atoms with Gasteiger partial charge in [-0.3, -0.25) is 4.79 Å². The Morgan fingerprint density at radius 1 is 1.22 bits per heavy atom. The molecule has 5 nitrogen and oxygen atoms in total. The van der Waals surface area contributed by atoms with Gasteiger partial charge < -0.3 is 14.2 Å². The van der Waals surface area contributed by atoms with E-state index in [-0.39, 0.29) is 11.7 Å². The molecule has 0 unspecified atom stereocenters. The molecule has 27 heavy (non-hydrogen) atoms. The molecular weight excluding hydrogens is 365 g/mol. The number of carbonyl (C=O) groups excluding carboxylic acids is 1. The van der Waals surface area contributed by atoms with Crippen molar-refractivity contribution in [3.05, 3.63) is 58.6 Å². The van der Waals surface area contributed by atoms with Crippen LogP contribution in [0, 0.1) is 5.82 Å². The predicted octanol–water partition coefficient (Wildman–Crippen LogP) is 3.69. The zero-order chi connectivity index (χ0) is 19.4. The first kappa shape index (κ1) is 19.3. The molecule has 0 N–H and O–H groups in total. The number of hydrogen-bond acceptors (Lipinski definition) is 4. The molecule has 0 bridgehead atoms. The number of halogens is 1. The van der Waals surface area contributed by atoms with Crippen molar-refractivity contribution in [2.24, 2.45) is 4.99 Å². The molecule has 7 heteroatoms. The molecule has 0 aliphatic rings. The van der Waals surface area contributed by atoms with Crippen LogP contribution in [-0.2, 0) is 11.3 Å². The fraction of sp³-hybridized carbons (Fsp3) is 0.300. The lowest BCUT2D eigenvalue weighted by Gasteiger charge is -2.11. The summed E-state index contributed by atoms with van der Waals surface area (Å²) in [6, 6.07) is 11.9. The monoisotopic (exact) mass is 387 g/mol. The molecule has 1 heterocycles. The molecule has 1 amide bonds. The number of ether oxygens (including phenoxy) is 1. The number of nitrogens with zero attached hydrogens (tertiary/aromatic N) is 3. The van der Waals surface area contributed by atoms with Gasteiger partial charge >= 0.3 is 0 Å². The number of rotatable bonds is 6. The molecule has 1 aromatic heterocycles. The minimum Gasteiger partial charge on any atom is -0.380 e. The van der Waals surface area contributed by atoms with E-state index in [1.54, 1.807) is 18.2 Å². The second-order valence-corrected chi connectivity index (χ2v) is 7.21. The van der Waals surface area contributed by atoms with Gasteiger partial charge in [-0.1, -0.05) is 11.3 Å². The Morgan fingerprint density at radius 2 is 1.96 bits per heavy atom. The van der Waals surface area contributed by atoms with Crippen LogP contribution in [0.5, 0.6) is 0 Å². The van der Waals surface area contributed by atoms with E-state index in [9.17, 15) is 9.18 Å². The van der Waals surface area contributed by atoms with Crippen molar-refractivity contribution in [1.82, 2.24) is 4.57 Å². The van der Waals surface area contributed by atoms with Gasteiger partial charge in [0.25, 0.3) is 5.91 Å². The molecule has 3 aromatic rings. The molecule has 0 fully saturated rings. The van der Waals surface area contributed by atoms with E-state index in [1.165, 1.54) is 23.5 Å². The van der Waals surface area contributed by atoms with Crippen LogP contribution >= 0.6 is 11.3 Å². The lowest BCUT2D eigenvalue weighted by atomic mass is 10.2. The van der Waals surface area contributed by atoms with Gasteiger partial charge in [-0.2, -0.15) is 4.99 Å². The van der Waals surface area contributed by atoms with Gasteiger partial charge in [0.05, 0.1) is 16.8 Å². The summed E-state index contributed by atoms with van der Waals surface area (Å²) in [7, 11) is 3.89. The highest BCUT2D eigenvalue weighted by Gasteiger charge is 2.10. The Kier molecular flexibility index (Phi) is 6.03. The van der Waals surface area contributed by atoms with E-state index in [0.717, 1.165) is 15.9 Å². The maximum absolute atomic E-state index is 13.6. The van der Waals surface area contributed by atoms with E-state index in [0.29, 0.717) is 30.1 Å². The van der Waals surface area contributed by atoms with E-state index in [2.05, 4.69) is 4.99 Å². The van der Waals surface area contributed by atoms with Crippen LogP contribution in [-0.4, -0.2) is 37.8 Å². The second kappa shape index (κ2) is 8.45. The highest BCUT2D eigenvalue weighted by atomic mass is 32.1. The van der Waals surface area contributed by atoms with Crippen LogP contribution in [0.15, 0.2) is 47.5 Å². The highest BCUT2D eigenvalue weighted by molar-refractivity contribution is 7.16. The number of aromatic nitrogens is 1. The van der Waals surface area contributed by atoms with Crippen LogP contribution in [0.4, 0.5) is 10.1 Å². The fourth-order valence-electron chi connectivity index (χ4n) is 2.70. The van der Waals surface area contributed by atoms with Crippen molar-refractivity contribution in [2.45, 2.75) is 13.5 Å². The van der Waals surface area contributed by atoms with Crippen molar-refractivity contribution >= 4 is 33.1 Å². The number of thiazole rings is 1. The van der Waals surface area contributed by atoms with E-state index in [1.807, 2.05) is 42.6 Å². The number of carbonyl (C=O) groups is 1. The van der Waals surface area contributed by atoms with Crippen LogP contribution in [0.2, 0.25) is 0 Å². The van der Waals surface area contributed by atoms with Gasteiger partial charge in [-0.25, -0.2) is 4.39 Å². The average molecular weight is 387 g/mol. The summed E-state index contributed by atoms with van der Waals surface area (Å²) < 4.78 is 21.7. The minimum absolute atomic E-state index is 0.308. The number of amides is 1. The maximum Gasteiger partial charge on any atom is 0.279 e. The molecule has 0 radical (unpaired) electrons. The largest absolute Gasteiger partial charge is 0.380 e. The zero-order valence-corrected chi connectivity index (χ0v) is 16.4. The predicted molar refractivity (Wildman–Crippen MR) is 107 cm³/mol. The lowest BCUT2D eigenvalue weighted by molar-refractivity contribution is 0.0996. The fourth-order valence-corrected chi connectivity index (χ4v) is 3.78. The smallest absolute Gasteiger partial charge is 0.279 e. The van der Waals surface area contributed by atoms with Gasteiger partial charge in [0, 0.05) is 38.5 Å². The summed E-state index contributed by atoms with van der Waals surface area (Å²) in [4.78, 5) is 19.4. The summed E-state index contributed by atoms with van der Waals surface area (Å²) >= 11 is 1.30. The van der Waals surface area contributed by atoms with Crippen molar-refractivity contribution in [3.63, 3.8) is 0 Å². The zero-order valence-electron chi connectivity index (χ0n) is 15.6. The summed E-state index contributed by atoms with van der Waals surface area (Å²) in [5.41, 5.74) is 2.37. The van der Waals surface area contributed by atoms with Crippen molar-refractivity contribution < 1.29 is 13.9 Å². The third-order valence-corrected chi connectivity index (χ3v) is 5.18. The summed E-state index contributed by atoms with van der Waals surface area (Å²) in [6.45, 7) is 3.59. The first-order chi connectivity index (χ1) is 13.0. The first-order valence-electron chi connectivity index (χ1n) is 8.72. The quantitative estimate of drug-likeness (QED) is 0.606. The standard InChI is InChI=1S/C20H22FN3O2S/c1-4-26-12-11-24-17-10-7-15(21)13-18(17)27-20(24)22-19(25)14-5-8-16(9-6-14)23(2)3/h5-10,13H,4,11-12H2,1-3H3. The number of hydrogen-bond donors (Lipinski definition) is 0. The highest BCUT2D eigenvalue weighted by Crippen LogP contribution is 2.19. The Bertz CT molecular complexity index is 1010. The van der Waals surface area contributed by atoms with Crippen LogP contribution < -0.4 is 9.70 Å². The van der Waals surface area contributed by atoms with E-state index < -0.39 is 0 Å². The molecule has 0 aliphatic carbocycles. The Labute approximate surface area is 161 Å². The summed E-state index contributed by atoms with van der Waals surface area (Å²) in [6.07, 6.45) is 0. The minimum atomic E-state index is -0.322. The Hall–Kier alpha value is -2.51. The molecule has 0 spiro atoms. The van der Waals surface area contributed by atoms with Gasteiger partial charge in [-0.15, -0.1) is 0 Å². The second-order valence-electron chi connectivity index (χ2n) is 6.20. The third-order valence-electron chi connectivity index (χ3n) is 4.14. The van der Waals surface area contributed by atoms with E-state index in [4.69, 9.17) is 4.74 Å². The average Bonchev–Trinajstić information content (AvgIpc) is 2.98. The Balaban J connectivity index is 2.00. The maximum atomic E-state index is 13.6. The molecule has 142 valence electrons. The SMILES string of the molecule is CCOCCn1c(=NC(=O)c2ccc(N(C)C)cc2)sc2cc(F)ccc21. The topological polar surface area (TPSA) is 46.8 Å². The molecule has 3 rings (SSSR count). The number of anilines is 1. The molecule has 0 saturated carbocycles. The molecule has 0 saturated heterocycles. The molecule has 0 atom stereocenters. The molecule has 2 aromatic carbocycles.